The number of rotatable bonds is 5. The van der Waals surface area contributed by atoms with E-state index in [1.165, 1.54) is 32.1 Å². The minimum absolute atomic E-state index is 0.391. The lowest BCUT2D eigenvalue weighted by molar-refractivity contribution is -0.134. The van der Waals surface area contributed by atoms with E-state index in [1.54, 1.807) is 0 Å². The van der Waals surface area contributed by atoms with Gasteiger partial charge in [-0.2, -0.15) is 0 Å². The molecule has 1 saturated carbocycles. The summed E-state index contributed by atoms with van der Waals surface area (Å²) in [5.41, 5.74) is 0. The Bertz CT molecular complexity index is 499. The molecule has 0 spiro atoms. The quantitative estimate of drug-likeness (QED) is 0.836. The number of hydrogen-bond acceptors (Lipinski definition) is 3. The molecular weight excluding hydrogens is 288 g/mol. The molecule has 3 rings (SSSR count). The number of hydrogen-bond donors (Lipinski definition) is 0. The Kier molecular flexibility index (Phi) is 5.70. The molecule has 1 aromatic heterocycles. The van der Waals surface area contributed by atoms with Crippen LogP contribution in [0.1, 0.15) is 44.3 Å². The molecule has 2 aliphatic rings. The first-order chi connectivity index (χ1) is 11.2. The fourth-order valence-corrected chi connectivity index (χ4v) is 3.88. The van der Waals surface area contributed by atoms with Gasteiger partial charge in [-0.15, -0.1) is 0 Å². The third kappa shape index (κ3) is 4.56. The van der Waals surface area contributed by atoms with E-state index in [4.69, 9.17) is 0 Å². The molecular formula is C18H30N4O. The highest BCUT2D eigenvalue weighted by atomic mass is 16.2. The van der Waals surface area contributed by atoms with Crippen LogP contribution in [0, 0.1) is 12.8 Å². The van der Waals surface area contributed by atoms with Gasteiger partial charge < -0.3 is 9.47 Å². The van der Waals surface area contributed by atoms with Crippen molar-refractivity contribution in [3.8, 4) is 0 Å². The van der Waals surface area contributed by atoms with Crippen molar-refractivity contribution in [3.63, 3.8) is 0 Å². The summed E-state index contributed by atoms with van der Waals surface area (Å²) in [6.45, 7) is 7.88. The second kappa shape index (κ2) is 7.95. The molecule has 1 saturated heterocycles. The van der Waals surface area contributed by atoms with E-state index in [9.17, 15) is 4.79 Å². The maximum absolute atomic E-state index is 12.5. The van der Waals surface area contributed by atoms with E-state index in [-0.39, 0.29) is 0 Å². The van der Waals surface area contributed by atoms with Crippen LogP contribution in [0.25, 0.3) is 0 Å². The Labute approximate surface area is 139 Å². The molecule has 1 amide bonds. The minimum atomic E-state index is 0.391. The molecule has 5 nitrogen and oxygen atoms in total. The SMILES string of the molecule is Cc1nccn1CCN1CCN(C(=O)CC2CCCCC2)CC1. The normalized spacial score (nSPS) is 20.8. The Balaban J connectivity index is 1.37. The predicted octanol–water partition coefficient (Wildman–Crippen LogP) is 2.31. The summed E-state index contributed by atoms with van der Waals surface area (Å²) < 4.78 is 2.20. The number of amides is 1. The van der Waals surface area contributed by atoms with Crippen molar-refractivity contribution in [2.45, 2.75) is 52.0 Å². The van der Waals surface area contributed by atoms with E-state index < -0.39 is 0 Å². The summed E-state index contributed by atoms with van der Waals surface area (Å²) >= 11 is 0. The highest BCUT2D eigenvalue weighted by Gasteiger charge is 2.24. The van der Waals surface area contributed by atoms with Gasteiger partial charge in [0.1, 0.15) is 5.82 Å². The van der Waals surface area contributed by atoms with Crippen LogP contribution >= 0.6 is 0 Å². The number of carbonyl (C=O) groups excluding carboxylic acids is 1. The largest absolute Gasteiger partial charge is 0.340 e. The van der Waals surface area contributed by atoms with Crippen LogP contribution in [0.5, 0.6) is 0 Å². The summed E-state index contributed by atoms with van der Waals surface area (Å²) in [7, 11) is 0. The van der Waals surface area contributed by atoms with Crippen molar-refractivity contribution in [2.75, 3.05) is 32.7 Å². The van der Waals surface area contributed by atoms with Crippen LogP contribution in [0.4, 0.5) is 0 Å². The highest BCUT2D eigenvalue weighted by Crippen LogP contribution is 2.27. The van der Waals surface area contributed by atoms with Gasteiger partial charge in [0.25, 0.3) is 0 Å². The number of aryl methyl sites for hydroxylation is 1. The Morgan fingerprint density at radius 1 is 1.13 bits per heavy atom. The molecule has 2 heterocycles. The van der Waals surface area contributed by atoms with Crippen molar-refractivity contribution in [3.05, 3.63) is 18.2 Å². The van der Waals surface area contributed by atoms with Gasteiger partial charge in [-0.25, -0.2) is 4.98 Å². The molecule has 1 aliphatic carbocycles. The van der Waals surface area contributed by atoms with Gasteiger partial charge in [0, 0.05) is 58.1 Å². The lowest BCUT2D eigenvalue weighted by Gasteiger charge is -2.35. The fourth-order valence-electron chi connectivity index (χ4n) is 3.88. The lowest BCUT2D eigenvalue weighted by Crippen LogP contribution is -2.49. The second-order valence-corrected chi connectivity index (χ2v) is 7.10. The average Bonchev–Trinajstić information content (AvgIpc) is 2.99. The number of nitrogens with zero attached hydrogens (tertiary/aromatic N) is 4. The van der Waals surface area contributed by atoms with Crippen molar-refractivity contribution < 1.29 is 4.79 Å². The number of imidazole rings is 1. The minimum Gasteiger partial charge on any atom is -0.340 e. The van der Waals surface area contributed by atoms with Gasteiger partial charge >= 0.3 is 0 Å². The van der Waals surface area contributed by atoms with Crippen molar-refractivity contribution in [1.82, 2.24) is 19.4 Å². The summed E-state index contributed by atoms with van der Waals surface area (Å²) in [6, 6.07) is 0. The topological polar surface area (TPSA) is 41.4 Å². The molecule has 0 atom stereocenters. The van der Waals surface area contributed by atoms with Crippen molar-refractivity contribution in [1.29, 1.82) is 0 Å². The Morgan fingerprint density at radius 2 is 1.87 bits per heavy atom. The summed E-state index contributed by atoms with van der Waals surface area (Å²) in [5.74, 6) is 2.12. The molecule has 0 bridgehead atoms. The first-order valence-corrected chi connectivity index (χ1v) is 9.20. The maximum Gasteiger partial charge on any atom is 0.222 e. The van der Waals surface area contributed by atoms with E-state index in [0.29, 0.717) is 11.8 Å². The molecule has 5 heteroatoms. The summed E-state index contributed by atoms with van der Waals surface area (Å²) in [4.78, 5) is 21.3. The second-order valence-electron chi connectivity index (χ2n) is 7.10. The molecule has 1 aliphatic heterocycles. The monoisotopic (exact) mass is 318 g/mol. The molecule has 0 N–H and O–H groups in total. The van der Waals surface area contributed by atoms with Crippen LogP contribution in [0.15, 0.2) is 12.4 Å². The standard InChI is InChI=1S/C18H30N4O/c1-16-19-7-8-21(16)12-9-20-10-13-22(14-11-20)18(23)15-17-5-3-2-4-6-17/h7-8,17H,2-6,9-15H2,1H3. The van der Waals surface area contributed by atoms with Crippen molar-refractivity contribution >= 4 is 5.91 Å². The van der Waals surface area contributed by atoms with Gasteiger partial charge in [-0.05, 0) is 25.7 Å². The molecule has 23 heavy (non-hydrogen) atoms. The van der Waals surface area contributed by atoms with Crippen molar-refractivity contribution in [2.24, 2.45) is 5.92 Å². The smallest absolute Gasteiger partial charge is 0.222 e. The van der Waals surface area contributed by atoms with E-state index >= 15 is 0 Å². The third-order valence-corrected chi connectivity index (χ3v) is 5.49. The van der Waals surface area contributed by atoms with E-state index in [1.807, 2.05) is 19.3 Å². The molecule has 1 aromatic rings. The van der Waals surface area contributed by atoms with Gasteiger partial charge in [0.2, 0.25) is 5.91 Å². The molecule has 0 radical (unpaired) electrons. The van der Waals surface area contributed by atoms with E-state index in [2.05, 4.69) is 19.4 Å². The Hall–Kier alpha value is -1.36. The van der Waals surface area contributed by atoms with Crippen LogP contribution in [0.2, 0.25) is 0 Å². The fraction of sp³-hybridized carbons (Fsp3) is 0.778. The zero-order chi connectivity index (χ0) is 16.1. The maximum atomic E-state index is 12.5. The molecule has 128 valence electrons. The summed E-state index contributed by atoms with van der Waals surface area (Å²) in [6.07, 6.45) is 11.2. The molecule has 2 fully saturated rings. The zero-order valence-corrected chi connectivity index (χ0v) is 14.4. The third-order valence-electron chi connectivity index (χ3n) is 5.49. The van der Waals surface area contributed by atoms with Crippen LogP contribution in [0.3, 0.4) is 0 Å². The van der Waals surface area contributed by atoms with Crippen LogP contribution in [-0.4, -0.2) is 58.0 Å². The van der Waals surface area contributed by atoms with Gasteiger partial charge in [0.05, 0.1) is 0 Å². The molecule has 0 aromatic carbocycles. The predicted molar refractivity (Wildman–Crippen MR) is 91.2 cm³/mol. The van der Waals surface area contributed by atoms with Gasteiger partial charge in [-0.1, -0.05) is 19.3 Å². The van der Waals surface area contributed by atoms with E-state index in [0.717, 1.165) is 51.5 Å². The first kappa shape index (κ1) is 16.5. The molecule has 0 unspecified atom stereocenters. The average molecular weight is 318 g/mol. The van der Waals surface area contributed by atoms with Crippen LogP contribution < -0.4 is 0 Å². The number of piperazine rings is 1. The Morgan fingerprint density at radius 3 is 2.52 bits per heavy atom. The van der Waals surface area contributed by atoms with Crippen LogP contribution in [-0.2, 0) is 11.3 Å². The first-order valence-electron chi connectivity index (χ1n) is 9.20. The van der Waals surface area contributed by atoms with Gasteiger partial charge in [-0.3, -0.25) is 9.69 Å². The number of carbonyl (C=O) groups is 1. The van der Waals surface area contributed by atoms with Gasteiger partial charge in [0.15, 0.2) is 0 Å². The lowest BCUT2D eigenvalue weighted by atomic mass is 9.86. The number of aromatic nitrogens is 2. The zero-order valence-electron chi connectivity index (χ0n) is 14.4. The summed E-state index contributed by atoms with van der Waals surface area (Å²) in [5, 5.41) is 0. The highest BCUT2D eigenvalue weighted by molar-refractivity contribution is 5.76.